The lowest BCUT2D eigenvalue weighted by atomic mass is 9.91. The summed E-state index contributed by atoms with van der Waals surface area (Å²) in [7, 11) is 0. The molecule has 0 aromatic carbocycles. The van der Waals surface area contributed by atoms with Gasteiger partial charge in [0.05, 0.1) is 11.8 Å². The third-order valence-corrected chi connectivity index (χ3v) is 5.15. The number of carboxylic acids is 1. The number of nitrogens with one attached hydrogen (secondary N) is 1. The van der Waals surface area contributed by atoms with Gasteiger partial charge in [0.1, 0.15) is 0 Å². The molecule has 2 aliphatic rings. The van der Waals surface area contributed by atoms with E-state index in [2.05, 4.69) is 12.2 Å². The molecular weight excluding hydrogens is 254 g/mol. The van der Waals surface area contributed by atoms with E-state index in [-0.39, 0.29) is 17.9 Å². The summed E-state index contributed by atoms with van der Waals surface area (Å²) in [5.41, 5.74) is 0. The van der Waals surface area contributed by atoms with Gasteiger partial charge in [-0.15, -0.1) is 0 Å². The van der Waals surface area contributed by atoms with Crippen molar-refractivity contribution >= 4 is 11.9 Å². The summed E-state index contributed by atoms with van der Waals surface area (Å²) in [6.45, 7) is 2.08. The topological polar surface area (TPSA) is 66.4 Å². The number of hydrogen-bond donors (Lipinski definition) is 2. The molecule has 0 aromatic heterocycles. The van der Waals surface area contributed by atoms with E-state index in [1.807, 2.05) is 0 Å². The summed E-state index contributed by atoms with van der Waals surface area (Å²) in [5.74, 6) is -1.08. The van der Waals surface area contributed by atoms with E-state index in [9.17, 15) is 14.7 Å². The number of carbonyl (C=O) groups excluding carboxylic acids is 1. The van der Waals surface area contributed by atoms with Crippen LogP contribution in [-0.4, -0.2) is 23.0 Å². The highest BCUT2D eigenvalue weighted by molar-refractivity contribution is 5.85. The van der Waals surface area contributed by atoms with Crippen molar-refractivity contribution in [2.75, 3.05) is 0 Å². The molecule has 4 heteroatoms. The van der Waals surface area contributed by atoms with Gasteiger partial charge in [-0.25, -0.2) is 0 Å². The average Bonchev–Trinajstić information content (AvgIpc) is 2.74. The molecule has 2 aliphatic carbocycles. The molecular formula is C16H27NO3. The van der Waals surface area contributed by atoms with E-state index in [4.69, 9.17) is 0 Å². The van der Waals surface area contributed by atoms with Crippen LogP contribution in [0.5, 0.6) is 0 Å². The van der Waals surface area contributed by atoms with E-state index in [0.717, 1.165) is 12.8 Å². The lowest BCUT2D eigenvalue weighted by Crippen LogP contribution is -2.43. The molecule has 0 radical (unpaired) electrons. The zero-order valence-corrected chi connectivity index (χ0v) is 12.4. The number of amides is 1. The molecule has 0 aromatic rings. The minimum Gasteiger partial charge on any atom is -0.481 e. The van der Waals surface area contributed by atoms with Crippen LogP contribution < -0.4 is 5.32 Å². The van der Waals surface area contributed by atoms with Crippen LogP contribution in [0.15, 0.2) is 0 Å². The fourth-order valence-electron chi connectivity index (χ4n) is 3.83. The van der Waals surface area contributed by atoms with Crippen molar-refractivity contribution in [3.63, 3.8) is 0 Å². The van der Waals surface area contributed by atoms with Crippen molar-refractivity contribution < 1.29 is 14.7 Å². The molecule has 0 spiro atoms. The minimum absolute atomic E-state index is 0.0355. The Morgan fingerprint density at radius 3 is 2.15 bits per heavy atom. The third kappa shape index (κ3) is 3.74. The van der Waals surface area contributed by atoms with Gasteiger partial charge in [0, 0.05) is 6.04 Å². The summed E-state index contributed by atoms with van der Waals surface area (Å²) >= 11 is 0. The Labute approximate surface area is 121 Å². The highest BCUT2D eigenvalue weighted by Crippen LogP contribution is 2.33. The summed E-state index contributed by atoms with van der Waals surface area (Å²) in [6.07, 6.45) is 9.72. The standard InChI is InChI=1S/C16H27NO3/c1-11(12-7-4-2-3-5-8-12)17-15(18)13-9-6-10-14(13)16(19)20/h11-14H,2-10H2,1H3,(H,17,18)(H,19,20)/t11-,13?,14?/m0/s1. The maximum atomic E-state index is 12.3. The molecule has 1 amide bonds. The Morgan fingerprint density at radius 2 is 1.55 bits per heavy atom. The Kier molecular flexibility index (Phi) is 5.44. The Bertz CT molecular complexity index is 348. The fourth-order valence-corrected chi connectivity index (χ4v) is 3.83. The second kappa shape index (κ2) is 7.09. The van der Waals surface area contributed by atoms with E-state index < -0.39 is 11.9 Å². The quantitative estimate of drug-likeness (QED) is 0.779. The molecule has 3 atom stereocenters. The molecule has 0 heterocycles. The molecule has 2 N–H and O–H groups in total. The first-order valence-electron chi connectivity index (χ1n) is 8.12. The van der Waals surface area contributed by atoms with Gasteiger partial charge in [-0.2, -0.15) is 0 Å². The summed E-state index contributed by atoms with van der Waals surface area (Å²) < 4.78 is 0. The van der Waals surface area contributed by atoms with Gasteiger partial charge in [-0.3, -0.25) is 9.59 Å². The molecule has 114 valence electrons. The molecule has 2 rings (SSSR count). The highest BCUT2D eigenvalue weighted by Gasteiger charge is 2.38. The van der Waals surface area contributed by atoms with Crippen LogP contribution in [0, 0.1) is 17.8 Å². The van der Waals surface area contributed by atoms with Crippen LogP contribution in [0.25, 0.3) is 0 Å². The van der Waals surface area contributed by atoms with Gasteiger partial charge >= 0.3 is 5.97 Å². The lowest BCUT2D eigenvalue weighted by Gasteiger charge is -2.26. The molecule has 4 nitrogen and oxygen atoms in total. The van der Waals surface area contributed by atoms with Gasteiger partial charge in [-0.05, 0) is 38.5 Å². The maximum Gasteiger partial charge on any atom is 0.307 e. The first-order valence-corrected chi connectivity index (χ1v) is 8.12. The zero-order valence-electron chi connectivity index (χ0n) is 12.4. The normalized spacial score (nSPS) is 29.6. The minimum atomic E-state index is -0.815. The molecule has 0 bridgehead atoms. The Morgan fingerprint density at radius 1 is 0.950 bits per heavy atom. The smallest absolute Gasteiger partial charge is 0.307 e. The van der Waals surface area contributed by atoms with Gasteiger partial charge in [-0.1, -0.05) is 32.1 Å². The van der Waals surface area contributed by atoms with Crippen LogP contribution in [0.1, 0.15) is 64.7 Å². The Hall–Kier alpha value is -1.06. The second-order valence-corrected chi connectivity index (χ2v) is 6.53. The number of carboxylic acid groups (broad SMARTS) is 1. The van der Waals surface area contributed by atoms with Gasteiger partial charge in [0.2, 0.25) is 5.91 Å². The van der Waals surface area contributed by atoms with Gasteiger partial charge in [0.25, 0.3) is 0 Å². The fraction of sp³-hybridized carbons (Fsp3) is 0.875. The molecule has 2 fully saturated rings. The molecule has 2 unspecified atom stereocenters. The van der Waals surface area contributed by atoms with Crippen LogP contribution in [-0.2, 0) is 9.59 Å². The van der Waals surface area contributed by atoms with Crippen molar-refractivity contribution in [3.05, 3.63) is 0 Å². The van der Waals surface area contributed by atoms with E-state index in [0.29, 0.717) is 12.3 Å². The molecule has 0 saturated heterocycles. The van der Waals surface area contributed by atoms with Gasteiger partial charge < -0.3 is 10.4 Å². The number of carbonyl (C=O) groups is 2. The average molecular weight is 281 g/mol. The van der Waals surface area contributed by atoms with E-state index in [1.54, 1.807) is 0 Å². The largest absolute Gasteiger partial charge is 0.481 e. The number of aliphatic carboxylic acids is 1. The van der Waals surface area contributed by atoms with Gasteiger partial charge in [0.15, 0.2) is 0 Å². The molecule has 20 heavy (non-hydrogen) atoms. The van der Waals surface area contributed by atoms with E-state index >= 15 is 0 Å². The second-order valence-electron chi connectivity index (χ2n) is 6.53. The zero-order chi connectivity index (χ0) is 14.5. The summed E-state index contributed by atoms with van der Waals surface area (Å²) in [6, 6.07) is 0.177. The molecule has 0 aliphatic heterocycles. The van der Waals surface area contributed by atoms with Crippen molar-refractivity contribution in [1.29, 1.82) is 0 Å². The Balaban J connectivity index is 1.88. The SMILES string of the molecule is C[C@H](NC(=O)C1CCCC1C(=O)O)C1CCCCCC1. The first kappa shape index (κ1) is 15.3. The lowest BCUT2D eigenvalue weighted by molar-refractivity contribution is -0.146. The monoisotopic (exact) mass is 281 g/mol. The van der Waals surface area contributed by atoms with Crippen molar-refractivity contribution in [2.24, 2.45) is 17.8 Å². The predicted octanol–water partition coefficient (Wildman–Crippen LogP) is 2.96. The van der Waals surface area contributed by atoms with Crippen LogP contribution in [0.4, 0.5) is 0 Å². The third-order valence-electron chi connectivity index (χ3n) is 5.15. The van der Waals surface area contributed by atoms with Crippen molar-refractivity contribution in [1.82, 2.24) is 5.32 Å². The maximum absolute atomic E-state index is 12.3. The van der Waals surface area contributed by atoms with Crippen molar-refractivity contribution in [3.8, 4) is 0 Å². The van der Waals surface area contributed by atoms with Crippen molar-refractivity contribution in [2.45, 2.75) is 70.8 Å². The van der Waals surface area contributed by atoms with Crippen LogP contribution in [0.3, 0.4) is 0 Å². The van der Waals surface area contributed by atoms with Crippen LogP contribution >= 0.6 is 0 Å². The summed E-state index contributed by atoms with van der Waals surface area (Å²) in [4.78, 5) is 23.5. The van der Waals surface area contributed by atoms with Crippen LogP contribution in [0.2, 0.25) is 0 Å². The van der Waals surface area contributed by atoms with E-state index in [1.165, 1.54) is 38.5 Å². The highest BCUT2D eigenvalue weighted by atomic mass is 16.4. The first-order chi connectivity index (χ1) is 9.59. The number of hydrogen-bond acceptors (Lipinski definition) is 2. The molecule has 2 saturated carbocycles. The predicted molar refractivity (Wildman–Crippen MR) is 77.3 cm³/mol. The summed E-state index contributed by atoms with van der Waals surface area (Å²) in [5, 5.41) is 12.3. The number of rotatable bonds is 4.